The lowest BCUT2D eigenvalue weighted by atomic mass is 10.0. The van der Waals surface area contributed by atoms with E-state index in [0.717, 1.165) is 27.7 Å². The lowest BCUT2D eigenvalue weighted by Gasteiger charge is -2.13. The summed E-state index contributed by atoms with van der Waals surface area (Å²) in [6.07, 6.45) is -0.641. The van der Waals surface area contributed by atoms with Crippen LogP contribution >= 0.6 is 0 Å². The normalized spacial score (nSPS) is 12.6. The highest BCUT2D eigenvalue weighted by atomic mass is 16.3. The average Bonchev–Trinajstić information content (AvgIpc) is 2.95. The predicted molar refractivity (Wildman–Crippen MR) is 88.7 cm³/mol. The first-order valence-corrected chi connectivity index (χ1v) is 7.47. The van der Waals surface area contributed by atoms with Crippen LogP contribution in [0.15, 0.2) is 54.6 Å². The van der Waals surface area contributed by atoms with Crippen LogP contribution in [0.5, 0.6) is 0 Å². The Labute approximate surface area is 129 Å². The van der Waals surface area contributed by atoms with Gasteiger partial charge in [0.2, 0.25) is 0 Å². The topological polar surface area (TPSA) is 68.3 Å². The number of hydrogen-bond acceptors (Lipinski definition) is 3. The van der Waals surface area contributed by atoms with Crippen molar-refractivity contribution in [2.75, 3.05) is 19.7 Å². The van der Waals surface area contributed by atoms with Gasteiger partial charge >= 0.3 is 0 Å². The molecule has 0 spiro atoms. The number of para-hydroxylation sites is 1. The van der Waals surface area contributed by atoms with Crippen LogP contribution in [-0.2, 0) is 0 Å². The molecule has 0 amide bonds. The molecule has 0 aliphatic rings. The molecule has 1 atom stereocenters. The second kappa shape index (κ2) is 6.75. The van der Waals surface area contributed by atoms with Gasteiger partial charge in [0, 0.05) is 29.6 Å². The van der Waals surface area contributed by atoms with Crippen LogP contribution in [0.4, 0.5) is 0 Å². The number of nitrogens with one attached hydrogen (secondary N) is 2. The Morgan fingerprint density at radius 3 is 2.50 bits per heavy atom. The molecule has 0 fully saturated rings. The van der Waals surface area contributed by atoms with Crippen molar-refractivity contribution in [2.24, 2.45) is 0 Å². The summed E-state index contributed by atoms with van der Waals surface area (Å²) >= 11 is 0. The first kappa shape index (κ1) is 14.8. The molecule has 2 aromatic carbocycles. The van der Waals surface area contributed by atoms with Gasteiger partial charge in [0.15, 0.2) is 0 Å². The Balaban J connectivity index is 2.05. The number of aromatic nitrogens is 1. The maximum atomic E-state index is 10.6. The van der Waals surface area contributed by atoms with Crippen molar-refractivity contribution in [3.63, 3.8) is 0 Å². The molecule has 114 valence electrons. The van der Waals surface area contributed by atoms with Crippen LogP contribution in [0.25, 0.3) is 22.2 Å². The van der Waals surface area contributed by atoms with E-state index in [2.05, 4.69) is 10.3 Å². The first-order chi connectivity index (χ1) is 10.8. The number of fused-ring (bicyclic) bond motifs is 1. The minimum Gasteiger partial charge on any atom is -0.395 e. The smallest absolute Gasteiger partial charge is 0.0941 e. The van der Waals surface area contributed by atoms with Crippen molar-refractivity contribution in [1.82, 2.24) is 10.3 Å². The highest BCUT2D eigenvalue weighted by Gasteiger charge is 2.19. The summed E-state index contributed by atoms with van der Waals surface area (Å²) in [5, 5.41) is 23.6. The number of rotatable bonds is 6. The van der Waals surface area contributed by atoms with Gasteiger partial charge in [-0.15, -0.1) is 0 Å². The summed E-state index contributed by atoms with van der Waals surface area (Å²) in [5.74, 6) is 0. The van der Waals surface area contributed by atoms with E-state index >= 15 is 0 Å². The van der Waals surface area contributed by atoms with E-state index in [0.29, 0.717) is 13.1 Å². The van der Waals surface area contributed by atoms with Crippen molar-refractivity contribution < 1.29 is 10.2 Å². The minimum atomic E-state index is -0.641. The van der Waals surface area contributed by atoms with Crippen LogP contribution in [0.2, 0.25) is 0 Å². The Kier molecular flexibility index (Phi) is 4.53. The van der Waals surface area contributed by atoms with E-state index in [-0.39, 0.29) is 6.61 Å². The van der Waals surface area contributed by atoms with E-state index in [1.165, 1.54) is 0 Å². The van der Waals surface area contributed by atoms with Gasteiger partial charge in [0.25, 0.3) is 0 Å². The Hall–Kier alpha value is -2.14. The van der Waals surface area contributed by atoms with E-state index in [1.807, 2.05) is 54.6 Å². The highest BCUT2D eigenvalue weighted by molar-refractivity contribution is 5.91. The van der Waals surface area contributed by atoms with E-state index in [9.17, 15) is 5.11 Å². The summed E-state index contributed by atoms with van der Waals surface area (Å²) < 4.78 is 0. The molecule has 4 heteroatoms. The third-order valence-electron chi connectivity index (χ3n) is 3.77. The van der Waals surface area contributed by atoms with Crippen LogP contribution in [0, 0.1) is 0 Å². The fourth-order valence-electron chi connectivity index (χ4n) is 2.76. The quantitative estimate of drug-likeness (QED) is 0.528. The zero-order valence-corrected chi connectivity index (χ0v) is 12.3. The van der Waals surface area contributed by atoms with Crippen molar-refractivity contribution in [3.8, 4) is 11.3 Å². The molecule has 0 aliphatic heterocycles. The van der Waals surface area contributed by atoms with Gasteiger partial charge in [-0.05, 0) is 11.6 Å². The van der Waals surface area contributed by atoms with Crippen molar-refractivity contribution >= 4 is 10.9 Å². The number of H-pyrrole nitrogens is 1. The van der Waals surface area contributed by atoms with Gasteiger partial charge in [-0.25, -0.2) is 0 Å². The molecule has 4 N–H and O–H groups in total. The zero-order valence-electron chi connectivity index (χ0n) is 12.3. The predicted octanol–water partition coefficient (Wildman–Crippen LogP) is 2.45. The third kappa shape index (κ3) is 2.90. The van der Waals surface area contributed by atoms with Gasteiger partial charge < -0.3 is 20.5 Å². The van der Waals surface area contributed by atoms with Crippen LogP contribution in [0.1, 0.15) is 11.7 Å². The Morgan fingerprint density at radius 1 is 1.00 bits per heavy atom. The maximum Gasteiger partial charge on any atom is 0.0941 e. The lowest BCUT2D eigenvalue weighted by molar-refractivity contribution is 0.173. The second-order valence-corrected chi connectivity index (χ2v) is 5.27. The molecule has 0 radical (unpaired) electrons. The molecular weight excluding hydrogens is 276 g/mol. The molecule has 0 bridgehead atoms. The number of hydrogen-bond donors (Lipinski definition) is 4. The van der Waals surface area contributed by atoms with Crippen LogP contribution in [-0.4, -0.2) is 34.9 Å². The molecule has 0 saturated carbocycles. The first-order valence-electron chi connectivity index (χ1n) is 7.47. The summed E-state index contributed by atoms with van der Waals surface area (Å²) in [7, 11) is 0. The summed E-state index contributed by atoms with van der Waals surface area (Å²) in [6.45, 7) is 0.939. The second-order valence-electron chi connectivity index (χ2n) is 5.27. The van der Waals surface area contributed by atoms with Gasteiger partial charge in [-0.3, -0.25) is 0 Å². The van der Waals surface area contributed by atoms with Gasteiger partial charge in [-0.2, -0.15) is 0 Å². The van der Waals surface area contributed by atoms with Crippen molar-refractivity contribution in [1.29, 1.82) is 0 Å². The van der Waals surface area contributed by atoms with Gasteiger partial charge in [0.1, 0.15) is 0 Å². The Bertz CT molecular complexity index is 737. The molecule has 0 aliphatic carbocycles. The Morgan fingerprint density at radius 2 is 1.73 bits per heavy atom. The lowest BCUT2D eigenvalue weighted by Crippen LogP contribution is -2.24. The number of benzene rings is 2. The number of aromatic amines is 1. The summed E-state index contributed by atoms with van der Waals surface area (Å²) in [4.78, 5) is 3.41. The third-order valence-corrected chi connectivity index (χ3v) is 3.77. The highest BCUT2D eigenvalue weighted by Crippen LogP contribution is 2.34. The molecule has 4 nitrogen and oxygen atoms in total. The van der Waals surface area contributed by atoms with Crippen molar-refractivity contribution in [3.05, 3.63) is 60.2 Å². The molecule has 3 rings (SSSR count). The molecular formula is C18H20N2O2. The maximum absolute atomic E-state index is 10.6. The minimum absolute atomic E-state index is 0.0617. The summed E-state index contributed by atoms with van der Waals surface area (Å²) in [5.41, 5.74) is 3.90. The SMILES string of the molecule is OCCNCC(O)c1c(-c2ccccc2)[nH]c2ccccc12. The van der Waals surface area contributed by atoms with E-state index in [4.69, 9.17) is 5.11 Å². The number of aliphatic hydroxyl groups is 2. The molecule has 0 saturated heterocycles. The van der Waals surface area contributed by atoms with Crippen LogP contribution < -0.4 is 5.32 Å². The largest absolute Gasteiger partial charge is 0.395 e. The molecule has 1 unspecified atom stereocenters. The standard InChI is InChI=1S/C18H20N2O2/c21-11-10-19-12-16(22)17-14-8-4-5-9-15(14)20-18(17)13-6-2-1-3-7-13/h1-9,16,19-22H,10-12H2. The van der Waals surface area contributed by atoms with Gasteiger partial charge in [0.05, 0.1) is 18.4 Å². The van der Waals surface area contributed by atoms with Crippen molar-refractivity contribution in [2.45, 2.75) is 6.10 Å². The summed E-state index contributed by atoms with van der Waals surface area (Å²) in [6, 6.07) is 18.0. The number of aliphatic hydroxyl groups excluding tert-OH is 2. The fourth-order valence-corrected chi connectivity index (χ4v) is 2.76. The molecule has 22 heavy (non-hydrogen) atoms. The molecule has 3 aromatic rings. The van der Waals surface area contributed by atoms with Crippen LogP contribution in [0.3, 0.4) is 0 Å². The monoisotopic (exact) mass is 296 g/mol. The zero-order chi connectivity index (χ0) is 15.4. The average molecular weight is 296 g/mol. The molecule has 1 aromatic heterocycles. The fraction of sp³-hybridized carbons (Fsp3) is 0.222. The van der Waals surface area contributed by atoms with Gasteiger partial charge in [-0.1, -0.05) is 48.5 Å². The van der Waals surface area contributed by atoms with E-state index < -0.39 is 6.10 Å². The molecule has 1 heterocycles. The van der Waals surface area contributed by atoms with E-state index in [1.54, 1.807) is 0 Å².